The molecule has 1 aliphatic rings. The molecule has 1 unspecified atom stereocenters. The molecule has 0 aromatic heterocycles. The fourth-order valence-corrected chi connectivity index (χ4v) is 1.95. The minimum Gasteiger partial charge on any atom is -0.367 e. The summed E-state index contributed by atoms with van der Waals surface area (Å²) in [6.07, 6.45) is 1.47. The highest BCUT2D eigenvalue weighted by Gasteiger charge is 2.23. The van der Waals surface area contributed by atoms with Crippen LogP contribution in [0.2, 0.25) is 0 Å². The molecule has 0 fully saturated rings. The van der Waals surface area contributed by atoms with E-state index in [4.69, 9.17) is 16.4 Å². The van der Waals surface area contributed by atoms with Crippen molar-refractivity contribution in [1.82, 2.24) is 0 Å². The zero-order chi connectivity index (χ0) is 12.5. The molecule has 1 aromatic carbocycles. The largest absolute Gasteiger partial charge is 0.367 e. The number of rotatable bonds is 2. The van der Waals surface area contributed by atoms with E-state index in [1.165, 1.54) is 5.56 Å². The molecule has 17 heavy (non-hydrogen) atoms. The van der Waals surface area contributed by atoms with Gasteiger partial charge in [-0.05, 0) is 23.1 Å². The Bertz CT molecular complexity index is 408. The number of anilines is 1. The lowest BCUT2D eigenvalue weighted by atomic mass is 9.87. The number of hydrogen-bond donors (Lipinski definition) is 0. The molecule has 1 atom stereocenters. The van der Waals surface area contributed by atoms with Crippen molar-refractivity contribution in [2.75, 3.05) is 10.8 Å². The van der Waals surface area contributed by atoms with Gasteiger partial charge in [0.05, 0.1) is 5.88 Å². The molecule has 0 saturated heterocycles. The second kappa shape index (κ2) is 4.57. The molecular formula is C13H17ClN2O. The van der Waals surface area contributed by atoms with Gasteiger partial charge < -0.3 is 4.84 Å². The smallest absolute Gasteiger partial charge is 0.218 e. The van der Waals surface area contributed by atoms with Crippen molar-refractivity contribution < 1.29 is 4.84 Å². The van der Waals surface area contributed by atoms with Gasteiger partial charge in [-0.25, -0.2) is 0 Å². The predicted octanol–water partition coefficient (Wildman–Crippen LogP) is 3.33. The van der Waals surface area contributed by atoms with E-state index in [0.717, 1.165) is 5.69 Å². The Morgan fingerprint density at radius 3 is 2.47 bits per heavy atom. The van der Waals surface area contributed by atoms with E-state index in [0.29, 0.717) is 5.88 Å². The van der Waals surface area contributed by atoms with Crippen LogP contribution in [0.4, 0.5) is 5.69 Å². The number of halogens is 1. The summed E-state index contributed by atoms with van der Waals surface area (Å²) in [5, 5.41) is 3.78. The van der Waals surface area contributed by atoms with Crippen LogP contribution >= 0.6 is 11.6 Å². The number of oxime groups is 1. The molecule has 1 aromatic rings. The average molecular weight is 253 g/mol. The lowest BCUT2D eigenvalue weighted by Gasteiger charge is -2.23. The van der Waals surface area contributed by atoms with E-state index in [1.807, 2.05) is 4.90 Å². The van der Waals surface area contributed by atoms with E-state index in [1.54, 1.807) is 6.34 Å². The first-order chi connectivity index (χ1) is 8.02. The third-order valence-corrected chi connectivity index (χ3v) is 3.09. The number of alkyl halides is 1. The minimum atomic E-state index is -0.197. The van der Waals surface area contributed by atoms with Crippen LogP contribution in [-0.2, 0) is 10.3 Å². The van der Waals surface area contributed by atoms with Gasteiger partial charge in [-0.15, -0.1) is 11.6 Å². The maximum Gasteiger partial charge on any atom is 0.218 e. The van der Waals surface area contributed by atoms with Crippen LogP contribution in [0.5, 0.6) is 0 Å². The van der Waals surface area contributed by atoms with E-state index in [-0.39, 0.29) is 11.6 Å². The zero-order valence-electron chi connectivity index (χ0n) is 10.4. The Morgan fingerprint density at radius 1 is 1.29 bits per heavy atom. The topological polar surface area (TPSA) is 24.8 Å². The molecule has 0 aliphatic carbocycles. The minimum absolute atomic E-state index is 0.167. The van der Waals surface area contributed by atoms with Gasteiger partial charge in [0, 0.05) is 5.69 Å². The van der Waals surface area contributed by atoms with Crippen molar-refractivity contribution in [3.8, 4) is 0 Å². The summed E-state index contributed by atoms with van der Waals surface area (Å²) in [5.74, 6) is 0.390. The lowest BCUT2D eigenvalue weighted by molar-refractivity contribution is 0.103. The first kappa shape index (κ1) is 12.2. The SMILES string of the molecule is CC(C)(C)c1ccc(N2C=NOC2CCl)cc1. The van der Waals surface area contributed by atoms with Crippen LogP contribution in [0.15, 0.2) is 29.4 Å². The number of benzene rings is 1. The first-order valence-electron chi connectivity index (χ1n) is 5.66. The molecule has 0 bridgehead atoms. The van der Waals surface area contributed by atoms with Crippen molar-refractivity contribution >= 4 is 23.6 Å². The highest BCUT2D eigenvalue weighted by molar-refractivity contribution is 6.18. The van der Waals surface area contributed by atoms with Gasteiger partial charge in [0.2, 0.25) is 6.23 Å². The Balaban J connectivity index is 2.21. The van der Waals surface area contributed by atoms with Gasteiger partial charge in [-0.1, -0.05) is 38.1 Å². The van der Waals surface area contributed by atoms with E-state index in [2.05, 4.69) is 50.2 Å². The molecule has 92 valence electrons. The molecule has 1 aliphatic heterocycles. The highest BCUT2D eigenvalue weighted by atomic mass is 35.5. The van der Waals surface area contributed by atoms with Gasteiger partial charge in [-0.2, -0.15) is 0 Å². The van der Waals surface area contributed by atoms with Gasteiger partial charge >= 0.3 is 0 Å². The second-order valence-corrected chi connectivity index (χ2v) is 5.45. The maximum atomic E-state index is 5.81. The van der Waals surface area contributed by atoms with Crippen LogP contribution in [0, 0.1) is 0 Å². The second-order valence-electron chi connectivity index (χ2n) is 5.14. The molecule has 0 radical (unpaired) electrons. The highest BCUT2D eigenvalue weighted by Crippen LogP contribution is 2.26. The van der Waals surface area contributed by atoms with E-state index < -0.39 is 0 Å². The fourth-order valence-electron chi connectivity index (χ4n) is 1.74. The van der Waals surface area contributed by atoms with E-state index >= 15 is 0 Å². The summed E-state index contributed by atoms with van der Waals surface area (Å²) in [5.41, 5.74) is 2.52. The first-order valence-corrected chi connectivity index (χ1v) is 6.20. The van der Waals surface area contributed by atoms with E-state index in [9.17, 15) is 0 Å². The Labute approximate surface area is 107 Å². The monoisotopic (exact) mass is 252 g/mol. The van der Waals surface area contributed by atoms with Crippen LogP contribution in [0.25, 0.3) is 0 Å². The molecule has 2 rings (SSSR count). The van der Waals surface area contributed by atoms with Crippen LogP contribution in [0.3, 0.4) is 0 Å². The quantitative estimate of drug-likeness (QED) is 0.755. The fraction of sp³-hybridized carbons (Fsp3) is 0.462. The summed E-state index contributed by atoms with van der Waals surface area (Å²) in [6.45, 7) is 6.60. The predicted molar refractivity (Wildman–Crippen MR) is 71.7 cm³/mol. The van der Waals surface area contributed by atoms with Crippen molar-refractivity contribution in [3.05, 3.63) is 29.8 Å². The van der Waals surface area contributed by atoms with Gasteiger partial charge in [0.15, 0.2) is 0 Å². The Morgan fingerprint density at radius 2 is 1.94 bits per heavy atom. The molecule has 0 spiro atoms. The third-order valence-electron chi connectivity index (χ3n) is 2.83. The van der Waals surface area contributed by atoms with Gasteiger partial charge in [0.25, 0.3) is 0 Å². The van der Waals surface area contributed by atoms with Crippen LogP contribution in [-0.4, -0.2) is 18.4 Å². The summed E-state index contributed by atoms with van der Waals surface area (Å²) < 4.78 is 0. The summed E-state index contributed by atoms with van der Waals surface area (Å²) in [4.78, 5) is 7.06. The Kier molecular flexibility index (Phi) is 3.29. The molecule has 1 heterocycles. The maximum absolute atomic E-state index is 5.81. The molecule has 0 N–H and O–H groups in total. The average Bonchev–Trinajstić information content (AvgIpc) is 2.76. The number of hydrogen-bond acceptors (Lipinski definition) is 3. The third kappa shape index (κ3) is 2.55. The summed E-state index contributed by atoms with van der Waals surface area (Å²) in [7, 11) is 0. The molecule has 0 amide bonds. The van der Waals surface area contributed by atoms with Crippen LogP contribution in [0.1, 0.15) is 26.3 Å². The Hall–Kier alpha value is -1.22. The summed E-state index contributed by atoms with van der Waals surface area (Å²) in [6, 6.07) is 8.40. The van der Waals surface area contributed by atoms with Crippen molar-refractivity contribution in [2.24, 2.45) is 5.16 Å². The molecule has 0 saturated carbocycles. The molecule has 3 nitrogen and oxygen atoms in total. The normalized spacial score (nSPS) is 19.5. The van der Waals surface area contributed by atoms with Crippen LogP contribution < -0.4 is 4.90 Å². The van der Waals surface area contributed by atoms with Crippen molar-refractivity contribution in [1.29, 1.82) is 0 Å². The van der Waals surface area contributed by atoms with Crippen molar-refractivity contribution in [3.63, 3.8) is 0 Å². The molecular weight excluding hydrogens is 236 g/mol. The summed E-state index contributed by atoms with van der Waals surface area (Å²) >= 11 is 5.81. The van der Waals surface area contributed by atoms with Gasteiger partial charge in [0.1, 0.15) is 6.34 Å². The van der Waals surface area contributed by atoms with Gasteiger partial charge in [-0.3, -0.25) is 4.90 Å². The van der Waals surface area contributed by atoms with Crippen molar-refractivity contribution in [2.45, 2.75) is 32.4 Å². The molecule has 4 heteroatoms. The lowest BCUT2D eigenvalue weighted by Crippen LogP contribution is -2.31. The zero-order valence-corrected chi connectivity index (χ0v) is 11.1. The standard InChI is InChI=1S/C13H17ClN2O/c1-13(2,3)10-4-6-11(7-5-10)16-9-15-17-12(16)8-14/h4-7,9,12H,8H2,1-3H3. The number of nitrogens with zero attached hydrogens (tertiary/aromatic N) is 2.